The molecule has 0 bridgehead atoms. The van der Waals surface area contributed by atoms with Crippen molar-refractivity contribution in [2.24, 2.45) is 0 Å². The Kier molecular flexibility index (Phi) is 6.29. The molecule has 0 fully saturated rings. The number of thioether (sulfide) groups is 1. The number of hydrogen-bond acceptors (Lipinski definition) is 4. The molecule has 1 aromatic carbocycles. The molecule has 3 aromatic rings. The van der Waals surface area contributed by atoms with Gasteiger partial charge in [0.05, 0.1) is 5.75 Å². The number of aromatic nitrogens is 2. The van der Waals surface area contributed by atoms with Gasteiger partial charge in [-0.15, -0.1) is 0 Å². The summed E-state index contributed by atoms with van der Waals surface area (Å²) >= 11 is 2.96. The van der Waals surface area contributed by atoms with Crippen LogP contribution in [0.5, 0.6) is 0 Å². The number of fused-ring (bicyclic) bond motifs is 1. The largest absolute Gasteiger partial charge is 0.347 e. The van der Waals surface area contributed by atoms with E-state index in [1.54, 1.807) is 22.0 Å². The summed E-state index contributed by atoms with van der Waals surface area (Å²) in [5, 5.41) is 1.39. The first-order chi connectivity index (χ1) is 13.1. The molecule has 0 aliphatic rings. The second-order valence-corrected chi connectivity index (χ2v) is 8.31. The van der Waals surface area contributed by atoms with Crippen LogP contribution in [0.25, 0.3) is 10.2 Å². The lowest BCUT2D eigenvalue weighted by Gasteiger charge is -2.04. The topological polar surface area (TPSA) is 53.2 Å². The average molecular weight is 400 g/mol. The van der Waals surface area contributed by atoms with Crippen LogP contribution in [0, 0.1) is 0 Å². The van der Waals surface area contributed by atoms with E-state index in [4.69, 9.17) is 0 Å². The standard InChI is InChI=1S/C21H22N2O2S2/c1-4-11-23-20(25)17-12-16(6-3)27-19(17)22-21(23)26-13-18(24)15-9-7-14(5-2)8-10-15/h4,7-10,12H,1,5-6,11,13H2,2-3H3/p+1. The van der Waals surface area contributed by atoms with Crippen molar-refractivity contribution in [1.29, 1.82) is 0 Å². The first kappa shape index (κ1) is 19.6. The summed E-state index contributed by atoms with van der Waals surface area (Å²) in [5.74, 6) is 0.324. The third-order valence-corrected chi connectivity index (χ3v) is 6.61. The number of allylic oxidation sites excluding steroid dienone is 1. The maximum atomic E-state index is 12.9. The van der Waals surface area contributed by atoms with E-state index in [1.165, 1.54) is 17.3 Å². The smallest absolute Gasteiger partial charge is 0.293 e. The normalized spacial score (nSPS) is 11.0. The highest BCUT2D eigenvalue weighted by atomic mass is 32.2. The molecule has 0 saturated heterocycles. The summed E-state index contributed by atoms with van der Waals surface area (Å²) in [6, 6.07) is 9.67. The molecule has 0 unspecified atom stereocenters. The number of thiophene rings is 1. The fraction of sp³-hybridized carbons (Fsp3) is 0.286. The van der Waals surface area contributed by atoms with Crippen LogP contribution >= 0.6 is 23.1 Å². The van der Waals surface area contributed by atoms with E-state index in [0.717, 1.165) is 22.5 Å². The zero-order valence-electron chi connectivity index (χ0n) is 15.6. The Hall–Kier alpha value is -2.18. The lowest BCUT2D eigenvalue weighted by molar-refractivity contribution is -0.404. The van der Waals surface area contributed by atoms with E-state index in [9.17, 15) is 9.59 Å². The maximum absolute atomic E-state index is 12.9. The van der Waals surface area contributed by atoms with E-state index >= 15 is 0 Å². The SMILES string of the molecule is C=CCn1c(SCC(=O)c2ccc(CC)cc2)[nH+]c2sc(CC)cc2c1=O. The highest BCUT2D eigenvalue weighted by Gasteiger charge is 2.21. The quantitative estimate of drug-likeness (QED) is 0.247. The minimum Gasteiger partial charge on any atom is -0.293 e. The van der Waals surface area contributed by atoms with Crippen LogP contribution in [0.3, 0.4) is 0 Å². The molecule has 27 heavy (non-hydrogen) atoms. The molecule has 0 atom stereocenters. The molecule has 0 radical (unpaired) electrons. The van der Waals surface area contributed by atoms with Gasteiger partial charge in [0, 0.05) is 10.4 Å². The summed E-state index contributed by atoms with van der Waals surface area (Å²) < 4.78 is 1.65. The Balaban J connectivity index is 1.88. The Bertz CT molecular complexity index is 1030. The highest BCUT2D eigenvalue weighted by Crippen LogP contribution is 2.22. The van der Waals surface area contributed by atoms with Crippen LogP contribution in [-0.4, -0.2) is 16.1 Å². The fourth-order valence-electron chi connectivity index (χ4n) is 2.82. The Morgan fingerprint density at radius 2 is 2.00 bits per heavy atom. The van der Waals surface area contributed by atoms with Gasteiger partial charge in [-0.25, -0.2) is 9.78 Å². The van der Waals surface area contributed by atoms with Crippen LogP contribution in [0.15, 0.2) is 52.9 Å². The van der Waals surface area contributed by atoms with E-state index < -0.39 is 0 Å². The Morgan fingerprint density at radius 1 is 1.26 bits per heavy atom. The van der Waals surface area contributed by atoms with Gasteiger partial charge in [-0.1, -0.05) is 62.1 Å². The predicted octanol–water partition coefficient (Wildman–Crippen LogP) is 4.16. The second-order valence-electron chi connectivity index (χ2n) is 6.21. The van der Waals surface area contributed by atoms with E-state index in [-0.39, 0.29) is 17.1 Å². The molecule has 140 valence electrons. The fourth-order valence-corrected chi connectivity index (χ4v) is 4.80. The van der Waals surface area contributed by atoms with Gasteiger partial charge in [-0.3, -0.25) is 4.79 Å². The third-order valence-electron chi connectivity index (χ3n) is 4.41. The number of carbonyl (C=O) groups is 1. The average Bonchev–Trinajstić information content (AvgIpc) is 3.12. The molecule has 2 aromatic heterocycles. The number of benzene rings is 1. The van der Waals surface area contributed by atoms with Gasteiger partial charge < -0.3 is 0 Å². The second kappa shape index (κ2) is 8.67. The number of hydrogen-bond donors (Lipinski definition) is 0. The minimum absolute atomic E-state index is 0.0400. The summed E-state index contributed by atoms with van der Waals surface area (Å²) in [7, 11) is 0. The van der Waals surface area contributed by atoms with Crippen molar-refractivity contribution in [2.45, 2.75) is 38.4 Å². The van der Waals surface area contributed by atoms with Gasteiger partial charge in [0.1, 0.15) is 11.9 Å². The molecular formula is C21H23N2O2S2+. The number of aryl methyl sites for hydroxylation is 2. The zero-order chi connectivity index (χ0) is 19.4. The van der Waals surface area contributed by atoms with Crippen molar-refractivity contribution >= 4 is 39.1 Å². The van der Waals surface area contributed by atoms with Crippen molar-refractivity contribution < 1.29 is 9.78 Å². The molecule has 1 N–H and O–H groups in total. The maximum Gasteiger partial charge on any atom is 0.347 e. The van der Waals surface area contributed by atoms with E-state index in [1.807, 2.05) is 30.3 Å². The summed E-state index contributed by atoms with van der Waals surface area (Å²) in [6.45, 7) is 8.32. The molecule has 6 heteroatoms. The van der Waals surface area contributed by atoms with Crippen molar-refractivity contribution in [3.8, 4) is 0 Å². The van der Waals surface area contributed by atoms with Gasteiger partial charge >= 0.3 is 10.7 Å². The predicted molar refractivity (Wildman–Crippen MR) is 113 cm³/mol. The molecule has 0 aliphatic carbocycles. The van der Waals surface area contributed by atoms with Crippen molar-refractivity contribution in [3.05, 3.63) is 69.3 Å². The van der Waals surface area contributed by atoms with E-state index in [0.29, 0.717) is 22.7 Å². The molecule has 4 nitrogen and oxygen atoms in total. The van der Waals surface area contributed by atoms with E-state index in [2.05, 4.69) is 25.4 Å². The highest BCUT2D eigenvalue weighted by molar-refractivity contribution is 7.99. The van der Waals surface area contributed by atoms with Crippen molar-refractivity contribution in [2.75, 3.05) is 5.75 Å². The first-order valence-electron chi connectivity index (χ1n) is 9.01. The molecule has 3 rings (SSSR count). The Morgan fingerprint density at radius 3 is 2.63 bits per heavy atom. The van der Waals surface area contributed by atoms with Crippen LogP contribution in [0.2, 0.25) is 0 Å². The molecule has 0 saturated carbocycles. The first-order valence-corrected chi connectivity index (χ1v) is 10.8. The van der Waals surface area contributed by atoms with Gasteiger partial charge in [-0.05, 0) is 36.2 Å². The number of H-pyrrole nitrogens is 1. The third kappa shape index (κ3) is 4.22. The summed E-state index contributed by atoms with van der Waals surface area (Å²) in [6.07, 6.45) is 3.54. The monoisotopic (exact) mass is 399 g/mol. The number of nitrogens with zero attached hydrogens (tertiary/aromatic N) is 1. The lowest BCUT2D eigenvalue weighted by Crippen LogP contribution is -2.29. The zero-order valence-corrected chi connectivity index (χ0v) is 17.2. The van der Waals surface area contributed by atoms with Gasteiger partial charge in [0.25, 0.3) is 0 Å². The lowest BCUT2D eigenvalue weighted by atomic mass is 10.1. The molecule has 0 spiro atoms. The van der Waals surface area contributed by atoms with Crippen LogP contribution in [0.1, 0.15) is 34.6 Å². The van der Waals surface area contributed by atoms with Crippen molar-refractivity contribution in [1.82, 2.24) is 4.57 Å². The van der Waals surface area contributed by atoms with Crippen LogP contribution in [-0.2, 0) is 19.4 Å². The number of rotatable bonds is 8. The Labute approximate surface area is 167 Å². The van der Waals surface area contributed by atoms with Gasteiger partial charge in [0.2, 0.25) is 0 Å². The van der Waals surface area contributed by atoms with Crippen LogP contribution in [0.4, 0.5) is 0 Å². The molecule has 0 amide bonds. The molecular weight excluding hydrogens is 376 g/mol. The van der Waals surface area contributed by atoms with Crippen molar-refractivity contribution in [3.63, 3.8) is 0 Å². The molecule has 2 heterocycles. The van der Waals surface area contributed by atoms with Gasteiger partial charge in [-0.2, -0.15) is 4.57 Å². The number of aromatic amines is 1. The minimum atomic E-state index is -0.0400. The summed E-state index contributed by atoms with van der Waals surface area (Å²) in [5.41, 5.74) is 1.87. The molecule has 0 aliphatic heterocycles. The summed E-state index contributed by atoms with van der Waals surface area (Å²) in [4.78, 5) is 30.8. The van der Waals surface area contributed by atoms with Crippen LogP contribution < -0.4 is 10.5 Å². The van der Waals surface area contributed by atoms with Gasteiger partial charge in [0.15, 0.2) is 10.6 Å². The number of ketones is 1. The number of Topliss-reactive ketones (excluding diaryl/α,β-unsaturated/α-hetero) is 1. The number of carbonyl (C=O) groups excluding carboxylic acids is 1. The number of nitrogens with one attached hydrogen (secondary N) is 1.